The number of amides is 1. The van der Waals surface area contributed by atoms with E-state index in [1.807, 2.05) is 61.5 Å². The van der Waals surface area contributed by atoms with Crippen molar-refractivity contribution in [3.63, 3.8) is 0 Å². The molecule has 1 fully saturated rings. The van der Waals surface area contributed by atoms with Crippen molar-refractivity contribution in [2.24, 2.45) is 0 Å². The number of ether oxygens (including phenoxy) is 1. The molecule has 8 heteroatoms. The van der Waals surface area contributed by atoms with Crippen molar-refractivity contribution in [3.8, 4) is 16.9 Å². The van der Waals surface area contributed by atoms with Crippen LogP contribution in [0.25, 0.3) is 11.1 Å². The smallest absolute Gasteiger partial charge is 0.261 e. The largest absolute Gasteiger partial charge is 0.484 e. The Balaban J connectivity index is 1.50. The monoisotopic (exact) mass is 517 g/mol. The molecule has 4 rings (SSSR count). The molecule has 1 amide bonds. The Morgan fingerprint density at radius 2 is 1.74 bits per heavy atom. The quantitative estimate of drug-likeness (QED) is 0.411. The number of aryl methyl sites for hydroxylation is 1. The number of carbonyl (C=O) groups excluding carboxylic acids is 1. The van der Waals surface area contributed by atoms with E-state index in [4.69, 9.17) is 27.9 Å². The minimum absolute atomic E-state index is 0.0261. The lowest BCUT2D eigenvalue weighted by Gasteiger charge is -2.28. The van der Waals surface area contributed by atoms with E-state index in [-0.39, 0.29) is 30.1 Å². The lowest BCUT2D eigenvalue weighted by Crippen LogP contribution is -2.43. The second kappa shape index (κ2) is 10.4. The molecule has 3 aromatic carbocycles. The van der Waals surface area contributed by atoms with Gasteiger partial charge < -0.3 is 9.64 Å². The number of halogens is 2. The van der Waals surface area contributed by atoms with Crippen LogP contribution in [-0.2, 0) is 21.2 Å². The van der Waals surface area contributed by atoms with Gasteiger partial charge in [-0.05, 0) is 48.7 Å². The SMILES string of the molecule is Cc1ccc(OCC(=O)N(Cc2ccc(-c3ccc(Cl)cc3Cl)cc2)C2CCS(=O)(=O)C2)cc1. The van der Waals surface area contributed by atoms with E-state index < -0.39 is 9.84 Å². The molecule has 1 saturated heterocycles. The second-order valence-corrected chi connectivity index (χ2v) is 11.6. The van der Waals surface area contributed by atoms with Crippen LogP contribution in [0.4, 0.5) is 0 Å². The van der Waals surface area contributed by atoms with E-state index in [0.717, 1.165) is 22.3 Å². The topological polar surface area (TPSA) is 63.7 Å². The molecule has 0 aliphatic carbocycles. The van der Waals surface area contributed by atoms with Crippen LogP contribution in [0.5, 0.6) is 5.75 Å². The van der Waals surface area contributed by atoms with Crippen molar-refractivity contribution in [1.82, 2.24) is 4.90 Å². The molecule has 1 aliphatic heterocycles. The molecule has 0 saturated carbocycles. The summed E-state index contributed by atoms with van der Waals surface area (Å²) in [5.74, 6) is 0.422. The number of sulfone groups is 1. The predicted molar refractivity (Wildman–Crippen MR) is 136 cm³/mol. The van der Waals surface area contributed by atoms with Gasteiger partial charge in [0.25, 0.3) is 5.91 Å². The average Bonchev–Trinajstić information content (AvgIpc) is 3.17. The van der Waals surface area contributed by atoms with Gasteiger partial charge in [-0.2, -0.15) is 0 Å². The number of benzene rings is 3. The van der Waals surface area contributed by atoms with Crippen LogP contribution < -0.4 is 4.74 Å². The summed E-state index contributed by atoms with van der Waals surface area (Å²) >= 11 is 12.3. The fraction of sp³-hybridized carbons (Fsp3) is 0.269. The Hall–Kier alpha value is -2.54. The van der Waals surface area contributed by atoms with Gasteiger partial charge in [0.1, 0.15) is 5.75 Å². The van der Waals surface area contributed by atoms with Crippen LogP contribution >= 0.6 is 23.2 Å². The van der Waals surface area contributed by atoms with Gasteiger partial charge in [0.2, 0.25) is 0 Å². The zero-order valence-corrected chi connectivity index (χ0v) is 21.0. The lowest BCUT2D eigenvalue weighted by atomic mass is 10.0. The third kappa shape index (κ3) is 6.12. The maximum Gasteiger partial charge on any atom is 0.261 e. The molecule has 34 heavy (non-hydrogen) atoms. The normalized spacial score (nSPS) is 16.9. The van der Waals surface area contributed by atoms with Crippen molar-refractivity contribution in [1.29, 1.82) is 0 Å². The van der Waals surface area contributed by atoms with Gasteiger partial charge >= 0.3 is 0 Å². The molecule has 1 aliphatic rings. The third-order valence-electron chi connectivity index (χ3n) is 5.90. The predicted octanol–water partition coefficient (Wildman–Crippen LogP) is 5.56. The molecule has 0 spiro atoms. The Morgan fingerprint density at radius 3 is 2.35 bits per heavy atom. The van der Waals surface area contributed by atoms with Crippen LogP contribution in [-0.4, -0.2) is 43.4 Å². The highest BCUT2D eigenvalue weighted by atomic mass is 35.5. The summed E-state index contributed by atoms with van der Waals surface area (Å²) < 4.78 is 29.9. The van der Waals surface area contributed by atoms with Gasteiger partial charge in [-0.1, -0.05) is 71.2 Å². The summed E-state index contributed by atoms with van der Waals surface area (Å²) in [4.78, 5) is 14.8. The maximum absolute atomic E-state index is 13.1. The Kier molecular flexibility index (Phi) is 7.51. The Bertz CT molecular complexity index is 1280. The molecule has 0 bridgehead atoms. The second-order valence-electron chi connectivity index (χ2n) is 8.50. The average molecular weight is 518 g/mol. The summed E-state index contributed by atoms with van der Waals surface area (Å²) in [6, 6.07) is 20.1. The van der Waals surface area contributed by atoms with E-state index >= 15 is 0 Å². The van der Waals surface area contributed by atoms with Crippen molar-refractivity contribution < 1.29 is 17.9 Å². The van der Waals surface area contributed by atoms with Crippen LogP contribution in [0.2, 0.25) is 10.0 Å². The molecule has 3 aromatic rings. The standard InChI is InChI=1S/C26H25Cl2NO4S/c1-18-2-9-23(10-3-18)33-16-26(30)29(22-12-13-34(31,32)17-22)15-19-4-6-20(7-5-19)24-11-8-21(27)14-25(24)28/h2-11,14,22H,12-13,15-17H2,1H3. The minimum Gasteiger partial charge on any atom is -0.484 e. The highest BCUT2D eigenvalue weighted by molar-refractivity contribution is 7.91. The number of nitrogens with zero attached hydrogens (tertiary/aromatic N) is 1. The van der Waals surface area contributed by atoms with Crippen LogP contribution in [0.3, 0.4) is 0 Å². The number of rotatable bonds is 7. The van der Waals surface area contributed by atoms with Gasteiger partial charge in [-0.25, -0.2) is 8.42 Å². The van der Waals surface area contributed by atoms with Crippen LogP contribution in [0, 0.1) is 6.92 Å². The summed E-state index contributed by atoms with van der Waals surface area (Å²) in [6.07, 6.45) is 0.428. The molecular formula is C26H25Cl2NO4S. The van der Waals surface area contributed by atoms with E-state index in [9.17, 15) is 13.2 Å². The van der Waals surface area contributed by atoms with E-state index in [2.05, 4.69) is 0 Å². The van der Waals surface area contributed by atoms with Gasteiger partial charge in [0, 0.05) is 28.2 Å². The first kappa shape index (κ1) is 24.6. The fourth-order valence-corrected chi connectivity index (χ4v) is 6.26. The number of hydrogen-bond acceptors (Lipinski definition) is 4. The lowest BCUT2D eigenvalue weighted by molar-refractivity contribution is -0.136. The summed E-state index contributed by atoms with van der Waals surface area (Å²) in [7, 11) is -3.15. The van der Waals surface area contributed by atoms with Gasteiger partial charge in [-0.3, -0.25) is 4.79 Å². The Morgan fingerprint density at radius 1 is 1.03 bits per heavy atom. The number of hydrogen-bond donors (Lipinski definition) is 0. The van der Waals surface area contributed by atoms with Crippen LogP contribution in [0.1, 0.15) is 17.5 Å². The van der Waals surface area contributed by atoms with E-state index in [1.54, 1.807) is 17.0 Å². The molecular weight excluding hydrogens is 493 g/mol. The zero-order valence-electron chi connectivity index (χ0n) is 18.7. The molecule has 1 unspecified atom stereocenters. The summed E-state index contributed by atoms with van der Waals surface area (Å²) in [5, 5.41) is 1.13. The van der Waals surface area contributed by atoms with Crippen molar-refractivity contribution >= 4 is 38.9 Å². The first-order valence-electron chi connectivity index (χ1n) is 10.9. The maximum atomic E-state index is 13.1. The molecule has 0 N–H and O–H groups in total. The molecule has 0 radical (unpaired) electrons. The van der Waals surface area contributed by atoms with Gasteiger partial charge in [-0.15, -0.1) is 0 Å². The molecule has 1 atom stereocenters. The minimum atomic E-state index is -3.15. The Labute approximate surface area is 210 Å². The zero-order chi connectivity index (χ0) is 24.3. The fourth-order valence-electron chi connectivity index (χ4n) is 4.01. The van der Waals surface area contributed by atoms with Crippen LogP contribution in [0.15, 0.2) is 66.7 Å². The molecule has 0 aromatic heterocycles. The van der Waals surface area contributed by atoms with Gasteiger partial charge in [0.15, 0.2) is 16.4 Å². The third-order valence-corrected chi connectivity index (χ3v) is 8.20. The van der Waals surface area contributed by atoms with Gasteiger partial charge in [0.05, 0.1) is 11.5 Å². The van der Waals surface area contributed by atoms with E-state index in [0.29, 0.717) is 28.8 Å². The first-order valence-corrected chi connectivity index (χ1v) is 13.5. The number of carbonyl (C=O) groups is 1. The van der Waals surface area contributed by atoms with E-state index in [1.165, 1.54) is 0 Å². The molecule has 5 nitrogen and oxygen atoms in total. The molecule has 1 heterocycles. The highest BCUT2D eigenvalue weighted by Gasteiger charge is 2.34. The summed E-state index contributed by atoms with van der Waals surface area (Å²) in [5.41, 5.74) is 3.77. The summed E-state index contributed by atoms with van der Waals surface area (Å²) in [6.45, 7) is 2.12. The highest BCUT2D eigenvalue weighted by Crippen LogP contribution is 2.31. The van der Waals surface area contributed by atoms with Crippen molar-refractivity contribution in [3.05, 3.63) is 87.9 Å². The first-order chi connectivity index (χ1) is 16.2. The van der Waals surface area contributed by atoms with Crippen molar-refractivity contribution in [2.75, 3.05) is 18.1 Å². The van der Waals surface area contributed by atoms with Crippen molar-refractivity contribution in [2.45, 2.75) is 25.9 Å². The molecule has 178 valence electrons.